The van der Waals surface area contributed by atoms with Crippen LogP contribution in [0.4, 0.5) is 0 Å². The minimum Gasteiger partial charge on any atom is -0.506 e. The van der Waals surface area contributed by atoms with Gasteiger partial charge in [-0.2, -0.15) is 5.26 Å². The van der Waals surface area contributed by atoms with Crippen molar-refractivity contribution in [1.29, 1.82) is 5.26 Å². The minimum absolute atomic E-state index is 0.118. The number of aliphatic hydroxyl groups is 1. The molecule has 1 atom stereocenters. The first kappa shape index (κ1) is 20.6. The highest BCUT2D eigenvalue weighted by Gasteiger charge is 2.23. The average molecular weight is 407 g/mol. The number of hydrogen-bond acceptors (Lipinski definition) is 7. The first-order valence-corrected chi connectivity index (χ1v) is 8.88. The molecule has 1 amide bonds. The number of benzene rings is 2. The Balaban J connectivity index is 1.94. The normalized spacial score (nSPS) is 11.5. The average Bonchev–Trinajstić information content (AvgIpc) is 2.74. The third-order valence-corrected chi connectivity index (χ3v) is 4.30. The lowest BCUT2D eigenvalue weighted by atomic mass is 10.1. The van der Waals surface area contributed by atoms with E-state index in [1.54, 1.807) is 42.6 Å². The number of carboxylic acids is 1. The highest BCUT2D eigenvalue weighted by molar-refractivity contribution is 6.07. The number of nitriles is 1. The summed E-state index contributed by atoms with van der Waals surface area (Å²) in [5.41, 5.74) is -0.118. The number of aliphatic hydroxyl groups excluding tert-OH is 1. The van der Waals surface area contributed by atoms with Crippen LogP contribution in [0.2, 0.25) is 0 Å². The zero-order valence-corrected chi connectivity index (χ0v) is 15.6. The first-order chi connectivity index (χ1) is 14.4. The molecule has 3 N–H and O–H groups in total. The van der Waals surface area contributed by atoms with E-state index in [0.29, 0.717) is 21.8 Å². The van der Waals surface area contributed by atoms with Gasteiger partial charge in [-0.3, -0.25) is 4.79 Å². The molecule has 1 unspecified atom stereocenters. The van der Waals surface area contributed by atoms with Crippen molar-refractivity contribution in [3.8, 4) is 23.4 Å². The number of aromatic nitrogens is 1. The van der Waals surface area contributed by atoms with E-state index in [1.807, 2.05) is 6.07 Å². The van der Waals surface area contributed by atoms with Crippen LogP contribution in [0.5, 0.6) is 17.2 Å². The standard InChI is InChI=1S/C21H17N3O6/c22-12-24(9-8-17(25)21(28)29)20(27)19-16-10-14(30-13-4-2-1-3-5-13)6-7-15(16)18(26)11-23-19/h1-7,10-11,17,25-26H,8-9H2,(H,28,29). The van der Waals surface area contributed by atoms with Crippen molar-refractivity contribution in [1.82, 2.24) is 9.88 Å². The number of carbonyl (C=O) groups excluding carboxylic acids is 1. The van der Waals surface area contributed by atoms with Gasteiger partial charge in [0.2, 0.25) is 0 Å². The summed E-state index contributed by atoms with van der Waals surface area (Å²) in [4.78, 5) is 28.3. The molecule has 0 radical (unpaired) electrons. The van der Waals surface area contributed by atoms with Crippen LogP contribution < -0.4 is 4.74 Å². The van der Waals surface area contributed by atoms with Gasteiger partial charge in [-0.1, -0.05) is 18.2 Å². The van der Waals surface area contributed by atoms with Crippen LogP contribution in [-0.2, 0) is 4.79 Å². The maximum Gasteiger partial charge on any atom is 0.332 e. The van der Waals surface area contributed by atoms with E-state index in [9.17, 15) is 25.1 Å². The van der Waals surface area contributed by atoms with Crippen molar-refractivity contribution in [3.05, 3.63) is 60.4 Å². The van der Waals surface area contributed by atoms with Crippen LogP contribution >= 0.6 is 0 Å². The number of aromatic hydroxyl groups is 1. The molecule has 9 nitrogen and oxygen atoms in total. The monoisotopic (exact) mass is 407 g/mol. The van der Waals surface area contributed by atoms with E-state index in [0.717, 1.165) is 6.20 Å². The summed E-state index contributed by atoms with van der Waals surface area (Å²) < 4.78 is 5.76. The van der Waals surface area contributed by atoms with Gasteiger partial charge >= 0.3 is 5.97 Å². The smallest absolute Gasteiger partial charge is 0.332 e. The van der Waals surface area contributed by atoms with Gasteiger partial charge in [-0.15, -0.1) is 0 Å². The van der Waals surface area contributed by atoms with E-state index >= 15 is 0 Å². The second-order valence-electron chi connectivity index (χ2n) is 6.31. The van der Waals surface area contributed by atoms with Gasteiger partial charge < -0.3 is 20.1 Å². The number of carboxylic acid groups (broad SMARTS) is 1. The highest BCUT2D eigenvalue weighted by Crippen LogP contribution is 2.31. The van der Waals surface area contributed by atoms with Crippen molar-refractivity contribution in [3.63, 3.8) is 0 Å². The fraction of sp³-hybridized carbons (Fsp3) is 0.143. The summed E-state index contributed by atoms with van der Waals surface area (Å²) >= 11 is 0. The summed E-state index contributed by atoms with van der Waals surface area (Å²) in [7, 11) is 0. The molecular formula is C21H17N3O6. The Morgan fingerprint density at radius 2 is 1.87 bits per heavy atom. The van der Waals surface area contributed by atoms with Gasteiger partial charge in [0.25, 0.3) is 5.91 Å². The van der Waals surface area contributed by atoms with Gasteiger partial charge in [-0.05, 0) is 30.3 Å². The van der Waals surface area contributed by atoms with E-state index in [-0.39, 0.29) is 29.8 Å². The zero-order valence-electron chi connectivity index (χ0n) is 15.6. The van der Waals surface area contributed by atoms with Crippen molar-refractivity contribution in [2.24, 2.45) is 0 Å². The lowest BCUT2D eigenvalue weighted by Crippen LogP contribution is -2.32. The van der Waals surface area contributed by atoms with Gasteiger partial charge in [0.15, 0.2) is 12.3 Å². The molecule has 0 bridgehead atoms. The first-order valence-electron chi connectivity index (χ1n) is 8.88. The van der Waals surface area contributed by atoms with E-state index in [1.165, 1.54) is 6.07 Å². The van der Waals surface area contributed by atoms with Crippen molar-refractivity contribution in [2.75, 3.05) is 6.54 Å². The molecule has 0 saturated carbocycles. The minimum atomic E-state index is -1.70. The molecular weight excluding hydrogens is 390 g/mol. The second-order valence-corrected chi connectivity index (χ2v) is 6.31. The molecule has 152 valence electrons. The Labute approximate surface area is 171 Å². The number of para-hydroxylation sites is 1. The third kappa shape index (κ3) is 4.45. The number of rotatable bonds is 7. The van der Waals surface area contributed by atoms with Gasteiger partial charge in [-0.25, -0.2) is 14.7 Å². The number of aliphatic carboxylic acids is 1. The summed E-state index contributed by atoms with van der Waals surface area (Å²) in [6.45, 7) is -0.312. The predicted octanol–water partition coefficient (Wildman–Crippen LogP) is 2.49. The highest BCUT2D eigenvalue weighted by atomic mass is 16.5. The van der Waals surface area contributed by atoms with Crippen molar-refractivity contribution >= 4 is 22.6 Å². The summed E-state index contributed by atoms with van der Waals surface area (Å²) in [6.07, 6.45) is 0.736. The Kier molecular flexibility index (Phi) is 6.10. The maximum absolute atomic E-state index is 12.8. The van der Waals surface area contributed by atoms with Crippen molar-refractivity contribution in [2.45, 2.75) is 12.5 Å². The summed E-state index contributed by atoms with van der Waals surface area (Å²) in [5, 5.41) is 38.1. The topological polar surface area (TPSA) is 144 Å². The molecule has 3 aromatic rings. The number of ether oxygens (including phenoxy) is 1. The third-order valence-electron chi connectivity index (χ3n) is 4.30. The fourth-order valence-corrected chi connectivity index (χ4v) is 2.77. The molecule has 0 spiro atoms. The molecule has 0 aliphatic carbocycles. The molecule has 0 aliphatic rings. The Hall–Kier alpha value is -4.16. The zero-order chi connectivity index (χ0) is 21.7. The Morgan fingerprint density at radius 3 is 2.53 bits per heavy atom. The lowest BCUT2D eigenvalue weighted by Gasteiger charge is -2.16. The Morgan fingerprint density at radius 1 is 1.13 bits per heavy atom. The predicted molar refractivity (Wildman–Crippen MR) is 105 cm³/mol. The van der Waals surface area contributed by atoms with Crippen LogP contribution in [0.25, 0.3) is 10.8 Å². The van der Waals surface area contributed by atoms with Gasteiger partial charge in [0, 0.05) is 23.7 Å². The maximum atomic E-state index is 12.8. The molecule has 9 heteroatoms. The number of carbonyl (C=O) groups is 2. The molecule has 0 fully saturated rings. The molecule has 1 heterocycles. The van der Waals surface area contributed by atoms with Crippen LogP contribution in [0.3, 0.4) is 0 Å². The summed E-state index contributed by atoms with van der Waals surface area (Å²) in [6, 6.07) is 13.6. The molecule has 1 aromatic heterocycles. The number of fused-ring (bicyclic) bond motifs is 1. The van der Waals surface area contributed by atoms with E-state index < -0.39 is 18.0 Å². The summed E-state index contributed by atoms with van der Waals surface area (Å²) in [5.74, 6) is -1.44. The molecule has 3 rings (SSSR count). The van der Waals surface area contributed by atoms with Crippen LogP contribution in [0.1, 0.15) is 16.9 Å². The van der Waals surface area contributed by atoms with Gasteiger partial charge in [0.05, 0.1) is 6.20 Å². The number of hydrogen-bond donors (Lipinski definition) is 3. The van der Waals surface area contributed by atoms with Gasteiger partial charge in [0.1, 0.15) is 22.9 Å². The lowest BCUT2D eigenvalue weighted by molar-refractivity contribution is -0.147. The molecule has 0 saturated heterocycles. The van der Waals surface area contributed by atoms with Crippen molar-refractivity contribution < 1.29 is 29.6 Å². The largest absolute Gasteiger partial charge is 0.506 e. The SMILES string of the molecule is N#CN(CCC(O)C(=O)O)C(=O)c1ncc(O)c2ccc(Oc3ccccc3)cc12. The second kappa shape index (κ2) is 8.89. The molecule has 0 aliphatic heterocycles. The molecule has 2 aromatic carbocycles. The van der Waals surface area contributed by atoms with Crippen LogP contribution in [0.15, 0.2) is 54.7 Å². The number of nitrogens with zero attached hydrogens (tertiary/aromatic N) is 3. The quantitative estimate of drug-likeness (QED) is 0.400. The number of pyridine rings is 1. The molecule has 30 heavy (non-hydrogen) atoms. The Bertz CT molecular complexity index is 1130. The number of amides is 1. The van der Waals surface area contributed by atoms with E-state index in [4.69, 9.17) is 9.84 Å². The fourth-order valence-electron chi connectivity index (χ4n) is 2.77. The van der Waals surface area contributed by atoms with Crippen LogP contribution in [-0.4, -0.2) is 49.7 Å². The van der Waals surface area contributed by atoms with Crippen LogP contribution in [0, 0.1) is 11.5 Å². The van der Waals surface area contributed by atoms with E-state index in [2.05, 4.69) is 4.98 Å².